The van der Waals surface area contributed by atoms with Gasteiger partial charge in [0, 0.05) is 23.9 Å². The molecule has 0 aliphatic heterocycles. The standard InChI is InChI=1S/C20H21N5O2/c1-13(2)19-12-21-24-25(19)18-9-5-8-17(11-18)23-20(27)15-6-4-7-16(10-15)22-14(3)26/h4-13H,1-3H3,(H,22,26)(H,23,27). The number of nitrogens with zero attached hydrogens (tertiary/aromatic N) is 3. The Morgan fingerprint density at radius 1 is 1.00 bits per heavy atom. The van der Waals surface area contributed by atoms with E-state index in [1.165, 1.54) is 6.92 Å². The second-order valence-corrected chi connectivity index (χ2v) is 6.49. The van der Waals surface area contributed by atoms with Crippen molar-refractivity contribution in [2.75, 3.05) is 10.6 Å². The van der Waals surface area contributed by atoms with Crippen molar-refractivity contribution >= 4 is 23.2 Å². The van der Waals surface area contributed by atoms with Crippen LogP contribution in [0.2, 0.25) is 0 Å². The smallest absolute Gasteiger partial charge is 0.255 e. The zero-order chi connectivity index (χ0) is 19.4. The summed E-state index contributed by atoms with van der Waals surface area (Å²) in [6, 6.07) is 14.2. The van der Waals surface area contributed by atoms with Gasteiger partial charge >= 0.3 is 0 Å². The lowest BCUT2D eigenvalue weighted by atomic mass is 10.1. The van der Waals surface area contributed by atoms with Gasteiger partial charge in [-0.25, -0.2) is 4.68 Å². The van der Waals surface area contributed by atoms with Crippen LogP contribution in [0, 0.1) is 0 Å². The molecule has 0 spiro atoms. The predicted octanol–water partition coefficient (Wildman–Crippen LogP) is 3.60. The maximum absolute atomic E-state index is 12.6. The third-order valence-electron chi connectivity index (χ3n) is 3.96. The van der Waals surface area contributed by atoms with Crippen LogP contribution < -0.4 is 10.6 Å². The Labute approximate surface area is 157 Å². The molecule has 2 N–H and O–H groups in total. The van der Waals surface area contributed by atoms with Gasteiger partial charge in [-0.15, -0.1) is 5.10 Å². The molecule has 0 fully saturated rings. The van der Waals surface area contributed by atoms with Crippen LogP contribution in [0.3, 0.4) is 0 Å². The fourth-order valence-corrected chi connectivity index (χ4v) is 2.70. The minimum absolute atomic E-state index is 0.186. The molecule has 138 valence electrons. The van der Waals surface area contributed by atoms with Gasteiger partial charge in [0.15, 0.2) is 0 Å². The minimum atomic E-state index is -0.262. The molecule has 1 heterocycles. The zero-order valence-corrected chi connectivity index (χ0v) is 15.4. The molecule has 3 rings (SSSR count). The number of anilines is 2. The Morgan fingerprint density at radius 3 is 2.41 bits per heavy atom. The van der Waals surface area contributed by atoms with Gasteiger partial charge in [-0.1, -0.05) is 31.2 Å². The van der Waals surface area contributed by atoms with E-state index < -0.39 is 0 Å². The lowest BCUT2D eigenvalue weighted by Crippen LogP contribution is -2.13. The number of aromatic nitrogens is 3. The fourth-order valence-electron chi connectivity index (χ4n) is 2.70. The Morgan fingerprint density at radius 2 is 1.70 bits per heavy atom. The molecule has 0 atom stereocenters. The molecule has 0 unspecified atom stereocenters. The molecule has 0 saturated heterocycles. The van der Waals surface area contributed by atoms with Gasteiger partial charge in [0.1, 0.15) is 0 Å². The lowest BCUT2D eigenvalue weighted by Gasteiger charge is -2.11. The van der Waals surface area contributed by atoms with Gasteiger partial charge in [0.25, 0.3) is 5.91 Å². The van der Waals surface area contributed by atoms with E-state index in [0.717, 1.165) is 11.4 Å². The highest BCUT2D eigenvalue weighted by atomic mass is 16.2. The third-order valence-corrected chi connectivity index (χ3v) is 3.96. The Bertz CT molecular complexity index is 978. The van der Waals surface area contributed by atoms with Crippen LogP contribution in [-0.2, 0) is 4.79 Å². The Hall–Kier alpha value is -3.48. The first-order valence-corrected chi connectivity index (χ1v) is 8.64. The van der Waals surface area contributed by atoms with E-state index in [-0.39, 0.29) is 17.7 Å². The van der Waals surface area contributed by atoms with Crippen LogP contribution in [-0.4, -0.2) is 26.8 Å². The molecule has 0 aliphatic carbocycles. The summed E-state index contributed by atoms with van der Waals surface area (Å²) >= 11 is 0. The average molecular weight is 363 g/mol. The predicted molar refractivity (Wildman–Crippen MR) is 104 cm³/mol. The largest absolute Gasteiger partial charge is 0.326 e. The molecule has 0 bridgehead atoms. The summed E-state index contributed by atoms with van der Waals surface area (Å²) in [7, 11) is 0. The molecule has 1 aromatic heterocycles. The van der Waals surface area contributed by atoms with E-state index in [4.69, 9.17) is 0 Å². The van der Waals surface area contributed by atoms with E-state index in [0.29, 0.717) is 16.9 Å². The second-order valence-electron chi connectivity index (χ2n) is 6.49. The molecular formula is C20H21N5O2. The number of amides is 2. The highest BCUT2D eigenvalue weighted by Gasteiger charge is 2.12. The van der Waals surface area contributed by atoms with Gasteiger partial charge < -0.3 is 10.6 Å². The first kappa shape index (κ1) is 18.3. The number of rotatable bonds is 5. The topological polar surface area (TPSA) is 88.9 Å². The summed E-state index contributed by atoms with van der Waals surface area (Å²) in [6.45, 7) is 5.57. The van der Waals surface area contributed by atoms with Crippen LogP contribution in [0.25, 0.3) is 5.69 Å². The van der Waals surface area contributed by atoms with E-state index in [1.54, 1.807) is 35.1 Å². The fraction of sp³-hybridized carbons (Fsp3) is 0.200. The van der Waals surface area contributed by atoms with Crippen LogP contribution in [0.4, 0.5) is 11.4 Å². The minimum Gasteiger partial charge on any atom is -0.326 e. The van der Waals surface area contributed by atoms with E-state index in [9.17, 15) is 9.59 Å². The van der Waals surface area contributed by atoms with Crippen molar-refractivity contribution in [3.05, 3.63) is 66.0 Å². The Kier molecular flexibility index (Phi) is 5.30. The van der Waals surface area contributed by atoms with Crippen molar-refractivity contribution in [3.63, 3.8) is 0 Å². The van der Waals surface area contributed by atoms with Crippen molar-refractivity contribution in [3.8, 4) is 5.69 Å². The molecule has 27 heavy (non-hydrogen) atoms. The summed E-state index contributed by atoms with van der Waals surface area (Å²) in [6.07, 6.45) is 1.74. The zero-order valence-electron chi connectivity index (χ0n) is 15.4. The number of nitrogens with one attached hydrogen (secondary N) is 2. The summed E-state index contributed by atoms with van der Waals surface area (Å²) < 4.78 is 1.76. The molecule has 2 aromatic carbocycles. The van der Waals surface area contributed by atoms with Crippen LogP contribution in [0.15, 0.2) is 54.7 Å². The normalized spacial score (nSPS) is 10.7. The van der Waals surface area contributed by atoms with E-state index in [2.05, 4.69) is 34.8 Å². The Balaban J connectivity index is 1.81. The molecular weight excluding hydrogens is 342 g/mol. The van der Waals surface area contributed by atoms with Crippen molar-refractivity contribution < 1.29 is 9.59 Å². The molecule has 7 heteroatoms. The highest BCUT2D eigenvalue weighted by molar-refractivity contribution is 6.05. The van der Waals surface area contributed by atoms with Crippen molar-refractivity contribution in [2.45, 2.75) is 26.7 Å². The maximum atomic E-state index is 12.6. The van der Waals surface area contributed by atoms with Gasteiger partial charge in [-0.05, 0) is 42.3 Å². The molecule has 0 radical (unpaired) electrons. The molecule has 3 aromatic rings. The van der Waals surface area contributed by atoms with Crippen molar-refractivity contribution in [2.24, 2.45) is 0 Å². The van der Waals surface area contributed by atoms with Crippen molar-refractivity contribution in [1.29, 1.82) is 0 Å². The maximum Gasteiger partial charge on any atom is 0.255 e. The second kappa shape index (κ2) is 7.82. The monoisotopic (exact) mass is 363 g/mol. The molecule has 0 saturated carbocycles. The summed E-state index contributed by atoms with van der Waals surface area (Å²) in [5.74, 6) is -0.175. The molecule has 0 aliphatic rings. The number of benzene rings is 2. The van der Waals surface area contributed by atoms with Gasteiger partial charge in [0.05, 0.1) is 17.6 Å². The van der Waals surface area contributed by atoms with Gasteiger partial charge in [-0.3, -0.25) is 9.59 Å². The van der Waals surface area contributed by atoms with E-state index >= 15 is 0 Å². The first-order chi connectivity index (χ1) is 12.9. The van der Waals surface area contributed by atoms with E-state index in [1.807, 2.05) is 24.3 Å². The third kappa shape index (κ3) is 4.38. The lowest BCUT2D eigenvalue weighted by molar-refractivity contribution is -0.114. The van der Waals surface area contributed by atoms with Gasteiger partial charge in [0.2, 0.25) is 5.91 Å². The first-order valence-electron chi connectivity index (χ1n) is 8.64. The SMILES string of the molecule is CC(=O)Nc1cccc(C(=O)Nc2cccc(-n3nncc3C(C)C)c2)c1. The number of carbonyl (C=O) groups is 2. The molecule has 7 nitrogen and oxygen atoms in total. The van der Waals surface area contributed by atoms with Crippen molar-refractivity contribution in [1.82, 2.24) is 15.0 Å². The van der Waals surface area contributed by atoms with Crippen LogP contribution in [0.1, 0.15) is 42.7 Å². The summed E-state index contributed by atoms with van der Waals surface area (Å²) in [4.78, 5) is 23.8. The van der Waals surface area contributed by atoms with Gasteiger partial charge in [-0.2, -0.15) is 0 Å². The summed E-state index contributed by atoms with van der Waals surface area (Å²) in [5.41, 5.74) is 3.48. The number of carbonyl (C=O) groups excluding carboxylic acids is 2. The number of hydrogen-bond donors (Lipinski definition) is 2. The van der Waals surface area contributed by atoms with Crippen LogP contribution >= 0.6 is 0 Å². The quantitative estimate of drug-likeness (QED) is 0.725. The average Bonchev–Trinajstić information content (AvgIpc) is 3.12. The summed E-state index contributed by atoms with van der Waals surface area (Å²) in [5, 5.41) is 13.7. The van der Waals surface area contributed by atoms with Crippen LogP contribution in [0.5, 0.6) is 0 Å². The highest BCUT2D eigenvalue weighted by Crippen LogP contribution is 2.20. The number of hydrogen-bond acceptors (Lipinski definition) is 4. The molecule has 2 amide bonds.